The zero-order valence-electron chi connectivity index (χ0n) is 7.61. The molecule has 1 heteroatoms. The number of fused-ring (bicyclic) bond motifs is 1. The van der Waals surface area contributed by atoms with Crippen LogP contribution in [0.2, 0.25) is 0 Å². The molecule has 0 saturated heterocycles. The first-order chi connectivity index (χ1) is 4.97. The highest BCUT2D eigenvalue weighted by molar-refractivity contribution is 5.95. The highest BCUT2D eigenvalue weighted by atomic mass is 16.1. The van der Waals surface area contributed by atoms with E-state index in [9.17, 15) is 4.79 Å². The predicted octanol–water partition coefficient (Wildman–Crippen LogP) is 2.40. The summed E-state index contributed by atoms with van der Waals surface area (Å²) in [5, 5.41) is 0. The third-order valence-electron chi connectivity index (χ3n) is 3.79. The van der Waals surface area contributed by atoms with Crippen LogP contribution in [-0.4, -0.2) is 5.78 Å². The molecule has 0 aromatic heterocycles. The second kappa shape index (κ2) is 1.70. The van der Waals surface area contributed by atoms with Gasteiger partial charge in [-0.3, -0.25) is 4.79 Å². The lowest BCUT2D eigenvalue weighted by Crippen LogP contribution is -2.49. The molecule has 0 heterocycles. The van der Waals surface area contributed by atoms with Gasteiger partial charge in [-0.15, -0.1) is 0 Å². The molecule has 2 unspecified atom stereocenters. The van der Waals surface area contributed by atoms with Crippen molar-refractivity contribution >= 4 is 5.78 Å². The van der Waals surface area contributed by atoms with Gasteiger partial charge in [0.15, 0.2) is 0 Å². The van der Waals surface area contributed by atoms with Crippen LogP contribution in [0.1, 0.15) is 40.0 Å². The van der Waals surface area contributed by atoms with Gasteiger partial charge in [0.05, 0.1) is 0 Å². The lowest BCUT2D eigenvalue weighted by Gasteiger charge is -2.47. The number of carbonyl (C=O) groups excluding carboxylic acids is 1. The van der Waals surface area contributed by atoms with Gasteiger partial charge in [0, 0.05) is 11.3 Å². The molecular weight excluding hydrogens is 136 g/mol. The summed E-state index contributed by atoms with van der Waals surface area (Å²) in [7, 11) is 0. The van der Waals surface area contributed by atoms with Crippen LogP contribution in [-0.2, 0) is 4.79 Å². The van der Waals surface area contributed by atoms with Crippen molar-refractivity contribution in [2.24, 2.45) is 16.7 Å². The third-order valence-corrected chi connectivity index (χ3v) is 3.79. The Morgan fingerprint density at radius 1 is 1.45 bits per heavy atom. The van der Waals surface area contributed by atoms with Crippen molar-refractivity contribution in [3.63, 3.8) is 0 Å². The Hall–Kier alpha value is -0.330. The zero-order valence-corrected chi connectivity index (χ0v) is 7.61. The summed E-state index contributed by atoms with van der Waals surface area (Å²) in [4.78, 5) is 11.6. The number of hydrogen-bond donors (Lipinski definition) is 0. The molecule has 3 aliphatic rings. The SMILES string of the molecule is CC(C)(C)C12CCC(C1)C2=O. The summed E-state index contributed by atoms with van der Waals surface area (Å²) in [5.41, 5.74) is 0.300. The summed E-state index contributed by atoms with van der Waals surface area (Å²) in [6.45, 7) is 6.60. The zero-order chi connectivity index (χ0) is 8.28. The van der Waals surface area contributed by atoms with Gasteiger partial charge in [-0.05, 0) is 24.7 Å². The molecular formula is C10H16O. The van der Waals surface area contributed by atoms with Crippen LogP contribution in [0.5, 0.6) is 0 Å². The van der Waals surface area contributed by atoms with Crippen LogP contribution in [0.15, 0.2) is 0 Å². The van der Waals surface area contributed by atoms with E-state index >= 15 is 0 Å². The smallest absolute Gasteiger partial charge is 0.142 e. The predicted molar refractivity (Wildman–Crippen MR) is 44.2 cm³/mol. The van der Waals surface area contributed by atoms with Crippen LogP contribution in [0.25, 0.3) is 0 Å². The fourth-order valence-corrected chi connectivity index (χ4v) is 2.80. The van der Waals surface area contributed by atoms with E-state index in [2.05, 4.69) is 20.8 Å². The average molecular weight is 152 g/mol. The van der Waals surface area contributed by atoms with E-state index in [4.69, 9.17) is 0 Å². The molecule has 0 aliphatic heterocycles. The molecule has 0 spiro atoms. The monoisotopic (exact) mass is 152 g/mol. The number of hydrogen-bond acceptors (Lipinski definition) is 1. The lowest BCUT2D eigenvalue weighted by molar-refractivity contribution is -0.147. The van der Waals surface area contributed by atoms with Crippen LogP contribution >= 0.6 is 0 Å². The Morgan fingerprint density at radius 2 is 2.09 bits per heavy atom. The van der Waals surface area contributed by atoms with Crippen molar-refractivity contribution in [2.45, 2.75) is 40.0 Å². The Balaban J connectivity index is 2.32. The standard InChI is InChI=1S/C10H16O/c1-9(2,3)10-5-4-7(6-10)8(10)11/h7H,4-6H2,1-3H3. The van der Waals surface area contributed by atoms with E-state index in [-0.39, 0.29) is 10.8 Å². The van der Waals surface area contributed by atoms with E-state index in [0.29, 0.717) is 11.7 Å². The molecule has 3 rings (SSSR count). The minimum absolute atomic E-state index is 0.0949. The van der Waals surface area contributed by atoms with Crippen LogP contribution < -0.4 is 0 Å². The molecule has 62 valence electrons. The summed E-state index contributed by atoms with van der Waals surface area (Å²) in [5.74, 6) is 1.01. The summed E-state index contributed by atoms with van der Waals surface area (Å²) in [6.07, 6.45) is 3.49. The van der Waals surface area contributed by atoms with Gasteiger partial charge in [-0.1, -0.05) is 20.8 Å². The van der Waals surface area contributed by atoms with Gasteiger partial charge in [0.25, 0.3) is 0 Å². The normalized spacial score (nSPS) is 42.5. The highest BCUT2D eigenvalue weighted by Gasteiger charge is 2.63. The molecule has 3 saturated carbocycles. The molecule has 0 aromatic rings. The molecule has 3 aliphatic carbocycles. The molecule has 1 nitrogen and oxygen atoms in total. The first-order valence-corrected chi connectivity index (χ1v) is 4.52. The van der Waals surface area contributed by atoms with E-state index in [0.717, 1.165) is 12.8 Å². The maximum atomic E-state index is 11.6. The molecule has 11 heavy (non-hydrogen) atoms. The Morgan fingerprint density at radius 3 is 2.27 bits per heavy atom. The van der Waals surface area contributed by atoms with Gasteiger partial charge in [-0.2, -0.15) is 0 Å². The van der Waals surface area contributed by atoms with Gasteiger partial charge in [-0.25, -0.2) is 0 Å². The first-order valence-electron chi connectivity index (χ1n) is 4.52. The van der Waals surface area contributed by atoms with Crippen molar-refractivity contribution in [1.82, 2.24) is 0 Å². The van der Waals surface area contributed by atoms with Crippen molar-refractivity contribution in [2.75, 3.05) is 0 Å². The second-order valence-corrected chi connectivity index (χ2v) is 5.14. The fraction of sp³-hybridized carbons (Fsp3) is 0.900. The maximum absolute atomic E-state index is 11.6. The van der Waals surface area contributed by atoms with Gasteiger partial charge >= 0.3 is 0 Å². The fourth-order valence-electron chi connectivity index (χ4n) is 2.80. The third kappa shape index (κ3) is 0.646. The molecule has 0 radical (unpaired) electrons. The van der Waals surface area contributed by atoms with Gasteiger partial charge < -0.3 is 0 Å². The first kappa shape index (κ1) is 7.33. The van der Waals surface area contributed by atoms with E-state index in [1.54, 1.807) is 0 Å². The minimum atomic E-state index is 0.0949. The highest BCUT2D eigenvalue weighted by Crippen LogP contribution is 2.63. The molecule has 3 fully saturated rings. The number of rotatable bonds is 0. The van der Waals surface area contributed by atoms with Crippen molar-refractivity contribution in [3.05, 3.63) is 0 Å². The summed E-state index contributed by atoms with van der Waals surface area (Å²) >= 11 is 0. The molecule has 0 aromatic carbocycles. The largest absolute Gasteiger partial charge is 0.299 e. The summed E-state index contributed by atoms with van der Waals surface area (Å²) in [6, 6.07) is 0. The van der Waals surface area contributed by atoms with E-state index in [1.807, 2.05) is 0 Å². The van der Waals surface area contributed by atoms with E-state index in [1.165, 1.54) is 6.42 Å². The topological polar surface area (TPSA) is 17.1 Å². The van der Waals surface area contributed by atoms with Gasteiger partial charge in [0.2, 0.25) is 0 Å². The molecule has 2 bridgehead atoms. The van der Waals surface area contributed by atoms with E-state index < -0.39 is 0 Å². The van der Waals surface area contributed by atoms with Crippen LogP contribution in [0.4, 0.5) is 0 Å². The number of ketones is 1. The van der Waals surface area contributed by atoms with Crippen molar-refractivity contribution < 1.29 is 4.79 Å². The Bertz CT molecular complexity index is 207. The van der Waals surface area contributed by atoms with Crippen LogP contribution in [0.3, 0.4) is 0 Å². The van der Waals surface area contributed by atoms with Crippen LogP contribution in [0, 0.1) is 16.7 Å². The summed E-state index contributed by atoms with van der Waals surface area (Å²) < 4.78 is 0. The van der Waals surface area contributed by atoms with Gasteiger partial charge in [0.1, 0.15) is 5.78 Å². The maximum Gasteiger partial charge on any atom is 0.142 e. The minimum Gasteiger partial charge on any atom is -0.299 e. The quantitative estimate of drug-likeness (QED) is 0.521. The molecule has 0 amide bonds. The Labute approximate surface area is 68.2 Å². The van der Waals surface area contributed by atoms with Crippen molar-refractivity contribution in [3.8, 4) is 0 Å². The second-order valence-electron chi connectivity index (χ2n) is 5.14. The molecule has 2 atom stereocenters. The number of Topliss-reactive ketones (excluding diaryl/α,β-unsaturated/α-hetero) is 1. The Kier molecular flexibility index (Phi) is 1.13. The molecule has 0 N–H and O–H groups in total. The number of carbonyl (C=O) groups is 1. The van der Waals surface area contributed by atoms with Crippen molar-refractivity contribution in [1.29, 1.82) is 0 Å². The average Bonchev–Trinajstić information content (AvgIpc) is 2.39. The lowest BCUT2D eigenvalue weighted by atomic mass is 9.55.